The maximum absolute atomic E-state index is 13.5. The van der Waals surface area contributed by atoms with Crippen molar-refractivity contribution in [3.63, 3.8) is 0 Å². The van der Waals surface area contributed by atoms with Crippen molar-refractivity contribution < 1.29 is 9.18 Å². The molecule has 1 atom stereocenters. The molecule has 0 fully saturated rings. The predicted octanol–water partition coefficient (Wildman–Crippen LogP) is 2.85. The average Bonchev–Trinajstić information content (AvgIpc) is 2.55. The van der Waals surface area contributed by atoms with E-state index in [0.717, 1.165) is 17.7 Å². The molecule has 1 amide bonds. The molecule has 0 heterocycles. The van der Waals surface area contributed by atoms with Crippen LogP contribution in [0, 0.1) is 5.82 Å². The van der Waals surface area contributed by atoms with Crippen molar-refractivity contribution >= 4 is 11.6 Å². The maximum atomic E-state index is 13.5. The van der Waals surface area contributed by atoms with Gasteiger partial charge in [-0.25, -0.2) is 4.39 Å². The SMILES string of the molecule is CN(C)c1ccc(CCNC(=O)[C@H](c2cccc(F)c2)N(C)C)cc1. The lowest BCUT2D eigenvalue weighted by molar-refractivity contribution is -0.125. The zero-order chi connectivity index (χ0) is 18.4. The number of nitrogens with one attached hydrogen (secondary N) is 1. The van der Waals surface area contributed by atoms with E-state index in [-0.39, 0.29) is 11.7 Å². The molecule has 0 saturated carbocycles. The van der Waals surface area contributed by atoms with Crippen LogP contribution in [0.2, 0.25) is 0 Å². The summed E-state index contributed by atoms with van der Waals surface area (Å²) in [6, 6.07) is 13.9. The summed E-state index contributed by atoms with van der Waals surface area (Å²) in [5.41, 5.74) is 2.96. The normalized spacial score (nSPS) is 12.1. The molecule has 0 aromatic heterocycles. The van der Waals surface area contributed by atoms with Crippen LogP contribution in [-0.2, 0) is 11.2 Å². The van der Waals surface area contributed by atoms with Gasteiger partial charge in [-0.1, -0.05) is 24.3 Å². The molecule has 0 radical (unpaired) electrons. The summed E-state index contributed by atoms with van der Waals surface area (Å²) >= 11 is 0. The fourth-order valence-electron chi connectivity index (χ4n) is 2.75. The van der Waals surface area contributed by atoms with Gasteiger partial charge < -0.3 is 10.2 Å². The van der Waals surface area contributed by atoms with E-state index in [0.29, 0.717) is 12.1 Å². The van der Waals surface area contributed by atoms with Gasteiger partial charge in [0.05, 0.1) is 0 Å². The Bertz CT molecular complexity index is 698. The third-order valence-corrected chi connectivity index (χ3v) is 4.09. The molecule has 25 heavy (non-hydrogen) atoms. The summed E-state index contributed by atoms with van der Waals surface area (Å²) < 4.78 is 13.5. The molecule has 0 saturated heterocycles. The second kappa shape index (κ2) is 8.62. The Morgan fingerprint density at radius 2 is 1.76 bits per heavy atom. The molecule has 2 aromatic rings. The molecule has 0 aliphatic rings. The Balaban J connectivity index is 1.95. The first-order valence-corrected chi connectivity index (χ1v) is 8.34. The number of carbonyl (C=O) groups excluding carboxylic acids is 1. The first-order chi connectivity index (χ1) is 11.9. The van der Waals surface area contributed by atoms with E-state index in [1.807, 2.05) is 33.1 Å². The van der Waals surface area contributed by atoms with Crippen LogP contribution in [-0.4, -0.2) is 45.5 Å². The van der Waals surface area contributed by atoms with E-state index in [4.69, 9.17) is 0 Å². The Labute approximate surface area is 149 Å². The van der Waals surface area contributed by atoms with E-state index in [1.165, 1.54) is 12.1 Å². The number of benzene rings is 2. The highest BCUT2D eigenvalue weighted by Gasteiger charge is 2.22. The lowest BCUT2D eigenvalue weighted by Crippen LogP contribution is -2.38. The van der Waals surface area contributed by atoms with Crippen LogP contribution in [0.5, 0.6) is 0 Å². The highest BCUT2D eigenvalue weighted by atomic mass is 19.1. The van der Waals surface area contributed by atoms with Gasteiger partial charge in [0.1, 0.15) is 11.9 Å². The minimum Gasteiger partial charge on any atom is -0.378 e. The Morgan fingerprint density at radius 1 is 1.08 bits per heavy atom. The quantitative estimate of drug-likeness (QED) is 0.840. The zero-order valence-corrected chi connectivity index (χ0v) is 15.3. The standard InChI is InChI=1S/C20H26FN3O/c1-23(2)18-10-8-15(9-11-18)12-13-22-20(25)19(24(3)4)16-6-5-7-17(21)14-16/h5-11,14,19H,12-13H2,1-4H3,(H,22,25)/t19-/m0/s1. The predicted molar refractivity (Wildman–Crippen MR) is 100 cm³/mol. The Hall–Kier alpha value is -2.40. The highest BCUT2D eigenvalue weighted by Crippen LogP contribution is 2.19. The van der Waals surface area contributed by atoms with Gasteiger partial charge in [0.25, 0.3) is 0 Å². The van der Waals surface area contributed by atoms with E-state index in [2.05, 4.69) is 29.6 Å². The topological polar surface area (TPSA) is 35.6 Å². The van der Waals surface area contributed by atoms with Crippen LogP contribution in [0.3, 0.4) is 0 Å². The summed E-state index contributed by atoms with van der Waals surface area (Å²) in [7, 11) is 7.64. The molecule has 1 N–H and O–H groups in total. The van der Waals surface area contributed by atoms with E-state index < -0.39 is 6.04 Å². The van der Waals surface area contributed by atoms with Crippen molar-refractivity contribution in [3.05, 3.63) is 65.5 Å². The number of anilines is 1. The number of amides is 1. The smallest absolute Gasteiger partial charge is 0.241 e. The molecule has 5 heteroatoms. The van der Waals surface area contributed by atoms with Crippen molar-refractivity contribution in [2.24, 2.45) is 0 Å². The first-order valence-electron chi connectivity index (χ1n) is 8.34. The van der Waals surface area contributed by atoms with E-state index in [9.17, 15) is 9.18 Å². The van der Waals surface area contributed by atoms with Crippen molar-refractivity contribution in [2.45, 2.75) is 12.5 Å². The molecule has 4 nitrogen and oxygen atoms in total. The van der Waals surface area contributed by atoms with Crippen LogP contribution in [0.15, 0.2) is 48.5 Å². The van der Waals surface area contributed by atoms with Crippen LogP contribution < -0.4 is 10.2 Å². The van der Waals surface area contributed by atoms with Gasteiger partial charge in [0, 0.05) is 26.3 Å². The van der Waals surface area contributed by atoms with Crippen molar-refractivity contribution in [1.82, 2.24) is 10.2 Å². The molecular weight excluding hydrogens is 317 g/mol. The van der Waals surface area contributed by atoms with Gasteiger partial charge >= 0.3 is 0 Å². The minimum absolute atomic E-state index is 0.125. The second-order valence-corrected chi connectivity index (χ2v) is 6.52. The lowest BCUT2D eigenvalue weighted by atomic mass is 10.0. The first kappa shape index (κ1) is 18.9. The highest BCUT2D eigenvalue weighted by molar-refractivity contribution is 5.83. The van der Waals surface area contributed by atoms with Crippen molar-refractivity contribution in [2.75, 3.05) is 39.6 Å². The lowest BCUT2D eigenvalue weighted by Gasteiger charge is -2.24. The van der Waals surface area contributed by atoms with Crippen LogP contribution in [0.4, 0.5) is 10.1 Å². The molecule has 0 unspecified atom stereocenters. The number of nitrogens with zero attached hydrogens (tertiary/aromatic N) is 2. The largest absolute Gasteiger partial charge is 0.378 e. The number of hydrogen-bond donors (Lipinski definition) is 1. The Morgan fingerprint density at radius 3 is 2.32 bits per heavy atom. The number of rotatable bonds is 7. The van der Waals surface area contributed by atoms with Gasteiger partial charge in [-0.05, 0) is 55.9 Å². The van der Waals surface area contributed by atoms with Crippen molar-refractivity contribution in [3.8, 4) is 0 Å². The van der Waals surface area contributed by atoms with Gasteiger partial charge in [-0.3, -0.25) is 9.69 Å². The minimum atomic E-state index is -0.508. The maximum Gasteiger partial charge on any atom is 0.241 e. The van der Waals surface area contributed by atoms with Crippen LogP contribution in [0.1, 0.15) is 17.2 Å². The Kier molecular flexibility index (Phi) is 6.53. The molecule has 2 rings (SSSR count). The summed E-state index contributed by atoms with van der Waals surface area (Å²) in [6.45, 7) is 0.541. The summed E-state index contributed by atoms with van der Waals surface area (Å²) in [4.78, 5) is 16.4. The number of likely N-dealkylation sites (N-methyl/N-ethyl adjacent to an activating group) is 1. The van der Waals surface area contributed by atoms with Gasteiger partial charge in [-0.15, -0.1) is 0 Å². The fraction of sp³-hybridized carbons (Fsp3) is 0.350. The van der Waals surface area contributed by atoms with Gasteiger partial charge in [-0.2, -0.15) is 0 Å². The number of carbonyl (C=O) groups is 1. The molecule has 2 aromatic carbocycles. The molecule has 0 aliphatic carbocycles. The molecule has 0 aliphatic heterocycles. The summed E-state index contributed by atoms with van der Waals surface area (Å²) in [6.07, 6.45) is 0.753. The number of hydrogen-bond acceptors (Lipinski definition) is 3. The molecule has 134 valence electrons. The third kappa shape index (κ3) is 5.29. The zero-order valence-electron chi connectivity index (χ0n) is 15.3. The fourth-order valence-corrected chi connectivity index (χ4v) is 2.75. The summed E-state index contributed by atoms with van der Waals surface area (Å²) in [5, 5.41) is 2.95. The number of halogens is 1. The molecule has 0 spiro atoms. The van der Waals surface area contributed by atoms with E-state index in [1.54, 1.807) is 17.0 Å². The van der Waals surface area contributed by atoms with E-state index >= 15 is 0 Å². The van der Waals surface area contributed by atoms with Gasteiger partial charge in [0.15, 0.2) is 0 Å². The monoisotopic (exact) mass is 343 g/mol. The molecule has 0 bridgehead atoms. The summed E-state index contributed by atoms with van der Waals surface area (Å²) in [5.74, 6) is -0.460. The van der Waals surface area contributed by atoms with Crippen LogP contribution >= 0.6 is 0 Å². The molecular formula is C20H26FN3O. The van der Waals surface area contributed by atoms with Gasteiger partial charge in [0.2, 0.25) is 5.91 Å². The second-order valence-electron chi connectivity index (χ2n) is 6.52. The van der Waals surface area contributed by atoms with Crippen LogP contribution in [0.25, 0.3) is 0 Å². The average molecular weight is 343 g/mol. The third-order valence-electron chi connectivity index (χ3n) is 4.09. The van der Waals surface area contributed by atoms with Crippen molar-refractivity contribution in [1.29, 1.82) is 0 Å².